The van der Waals surface area contributed by atoms with Crippen LogP contribution in [0.3, 0.4) is 0 Å². The Balaban J connectivity index is 1.13. The molecular weight excluding hydrogens is 733 g/mol. The zero-order chi connectivity index (χ0) is 39.6. The summed E-state index contributed by atoms with van der Waals surface area (Å²) in [6.07, 6.45) is 0. The molecule has 9 aromatic carbocycles. The van der Waals surface area contributed by atoms with Gasteiger partial charge in [0.15, 0.2) is 17.5 Å². The van der Waals surface area contributed by atoms with Gasteiger partial charge in [0.1, 0.15) is 11.2 Å². The summed E-state index contributed by atoms with van der Waals surface area (Å²) in [6, 6.07) is 72.2. The minimum Gasteiger partial charge on any atom is -0.456 e. The molecule has 5 heteroatoms. The Morgan fingerprint density at radius 3 is 1.70 bits per heavy atom. The topological polar surface area (TPSA) is 56.7 Å². The first-order chi connectivity index (χ1) is 29.7. The highest BCUT2D eigenvalue weighted by molar-refractivity contribution is 6.15. The van der Waals surface area contributed by atoms with Gasteiger partial charge in [-0.05, 0) is 81.6 Å². The molecule has 12 rings (SSSR count). The van der Waals surface area contributed by atoms with E-state index in [-0.39, 0.29) is 0 Å². The second kappa shape index (κ2) is 13.8. The Bertz CT molecular complexity index is 3590. The van der Waals surface area contributed by atoms with Crippen molar-refractivity contribution in [2.45, 2.75) is 0 Å². The van der Waals surface area contributed by atoms with Crippen molar-refractivity contribution in [1.29, 1.82) is 0 Å². The largest absolute Gasteiger partial charge is 0.456 e. The van der Waals surface area contributed by atoms with Crippen LogP contribution in [0.15, 0.2) is 211 Å². The van der Waals surface area contributed by atoms with Gasteiger partial charge < -0.3 is 8.98 Å². The Hall–Kier alpha value is -8.15. The minimum atomic E-state index is 0.588. The van der Waals surface area contributed by atoms with E-state index in [0.29, 0.717) is 17.5 Å². The summed E-state index contributed by atoms with van der Waals surface area (Å²) < 4.78 is 8.86. The van der Waals surface area contributed by atoms with E-state index in [1.165, 1.54) is 21.5 Å². The van der Waals surface area contributed by atoms with Crippen LogP contribution in [0.2, 0.25) is 0 Å². The molecule has 3 aromatic heterocycles. The average Bonchev–Trinajstić information content (AvgIpc) is 3.86. The van der Waals surface area contributed by atoms with E-state index in [2.05, 4.69) is 168 Å². The van der Waals surface area contributed by atoms with Gasteiger partial charge in [-0.3, -0.25) is 0 Å². The molecule has 0 amide bonds. The maximum Gasteiger partial charge on any atom is 0.164 e. The van der Waals surface area contributed by atoms with Crippen LogP contribution in [0.5, 0.6) is 0 Å². The lowest BCUT2D eigenvalue weighted by Crippen LogP contribution is -2.02. The first-order valence-electron chi connectivity index (χ1n) is 20.2. The van der Waals surface area contributed by atoms with Crippen molar-refractivity contribution in [3.63, 3.8) is 0 Å². The minimum absolute atomic E-state index is 0.588. The molecule has 0 radical (unpaired) electrons. The Morgan fingerprint density at radius 2 is 0.917 bits per heavy atom. The number of rotatable bonds is 6. The highest BCUT2D eigenvalue weighted by atomic mass is 16.3. The zero-order valence-corrected chi connectivity index (χ0v) is 32.3. The van der Waals surface area contributed by atoms with Crippen molar-refractivity contribution in [2.24, 2.45) is 0 Å². The van der Waals surface area contributed by atoms with Crippen LogP contribution >= 0.6 is 0 Å². The summed E-state index contributed by atoms with van der Waals surface area (Å²) in [7, 11) is 0. The molecule has 0 aliphatic rings. The maximum atomic E-state index is 6.47. The molecule has 0 N–H and O–H groups in total. The highest BCUT2D eigenvalue weighted by Gasteiger charge is 2.22. The lowest BCUT2D eigenvalue weighted by atomic mass is 9.94. The van der Waals surface area contributed by atoms with Gasteiger partial charge in [0.05, 0.1) is 11.0 Å². The van der Waals surface area contributed by atoms with Gasteiger partial charge in [0.25, 0.3) is 0 Å². The SMILES string of the molecule is c1ccc(-c2ccc(-c3nc(-c4ccccc4)nc(-c4ccc(-n5c6ccccc6c6cc7ccccc7cc65)cc4-c4cccc5oc6ccccc6c45)n3)cc2)cc1. The van der Waals surface area contributed by atoms with Gasteiger partial charge in [-0.2, -0.15) is 0 Å². The van der Waals surface area contributed by atoms with Gasteiger partial charge in [-0.1, -0.05) is 158 Å². The van der Waals surface area contributed by atoms with Gasteiger partial charge in [-0.15, -0.1) is 0 Å². The number of furan rings is 1. The van der Waals surface area contributed by atoms with Gasteiger partial charge in [0, 0.05) is 43.9 Å². The molecule has 0 spiro atoms. The summed E-state index contributed by atoms with van der Waals surface area (Å²) in [5.74, 6) is 1.80. The molecule has 60 heavy (non-hydrogen) atoms. The standard InChI is InChI=1S/C55H34N4O/c1-3-14-35(15-4-1)36-26-28-38(29-27-36)54-56-53(37-16-5-2-6-17-37)57-55(58-54)44-31-30-41(34-46(44)43-22-13-25-51-52(43)45-21-10-12-24-50(45)60-51)59-48-23-11-9-20-42(48)47-32-39-18-7-8-19-40(39)33-49(47)59/h1-34H. The number of para-hydroxylation sites is 2. The van der Waals surface area contributed by atoms with E-state index < -0.39 is 0 Å². The summed E-state index contributed by atoms with van der Waals surface area (Å²) in [4.78, 5) is 15.6. The van der Waals surface area contributed by atoms with Crippen molar-refractivity contribution in [2.75, 3.05) is 0 Å². The summed E-state index contributed by atoms with van der Waals surface area (Å²) >= 11 is 0. The average molecular weight is 767 g/mol. The van der Waals surface area contributed by atoms with E-state index in [1.54, 1.807) is 0 Å². The first kappa shape index (κ1) is 33.9. The fourth-order valence-corrected chi connectivity index (χ4v) is 8.81. The normalized spacial score (nSPS) is 11.7. The van der Waals surface area contributed by atoms with E-state index in [9.17, 15) is 0 Å². The molecule has 0 unspecified atom stereocenters. The number of fused-ring (bicyclic) bond motifs is 7. The van der Waals surface area contributed by atoms with E-state index in [0.717, 1.165) is 77.6 Å². The second-order valence-corrected chi connectivity index (χ2v) is 15.2. The number of hydrogen-bond acceptors (Lipinski definition) is 4. The van der Waals surface area contributed by atoms with Crippen LogP contribution in [0.25, 0.3) is 117 Å². The molecule has 0 fully saturated rings. The molecular formula is C55H34N4O. The molecule has 12 aromatic rings. The van der Waals surface area contributed by atoms with E-state index in [4.69, 9.17) is 19.4 Å². The van der Waals surface area contributed by atoms with Crippen LogP contribution in [0.4, 0.5) is 0 Å². The van der Waals surface area contributed by atoms with Crippen LogP contribution in [-0.4, -0.2) is 19.5 Å². The van der Waals surface area contributed by atoms with Crippen LogP contribution in [0.1, 0.15) is 0 Å². The van der Waals surface area contributed by atoms with Crippen molar-refractivity contribution in [3.8, 4) is 62.1 Å². The van der Waals surface area contributed by atoms with Crippen LogP contribution in [-0.2, 0) is 0 Å². The Morgan fingerprint density at radius 1 is 0.333 bits per heavy atom. The third-order valence-corrected chi connectivity index (χ3v) is 11.7. The van der Waals surface area contributed by atoms with Crippen LogP contribution < -0.4 is 0 Å². The molecule has 0 atom stereocenters. The van der Waals surface area contributed by atoms with Crippen molar-refractivity contribution >= 4 is 54.5 Å². The van der Waals surface area contributed by atoms with Crippen molar-refractivity contribution in [3.05, 3.63) is 206 Å². The lowest BCUT2D eigenvalue weighted by Gasteiger charge is -2.16. The number of nitrogens with zero attached hydrogens (tertiary/aromatic N) is 4. The quantitative estimate of drug-likeness (QED) is 0.169. The zero-order valence-electron chi connectivity index (χ0n) is 32.3. The van der Waals surface area contributed by atoms with Gasteiger partial charge >= 0.3 is 0 Å². The Labute approximate surface area is 345 Å². The lowest BCUT2D eigenvalue weighted by molar-refractivity contribution is 0.669. The third kappa shape index (κ3) is 5.59. The second-order valence-electron chi connectivity index (χ2n) is 15.2. The molecule has 5 nitrogen and oxygen atoms in total. The number of aromatic nitrogens is 4. The summed E-state index contributed by atoms with van der Waals surface area (Å²) in [6.45, 7) is 0. The van der Waals surface area contributed by atoms with Gasteiger partial charge in [-0.25, -0.2) is 15.0 Å². The predicted molar refractivity (Wildman–Crippen MR) is 246 cm³/mol. The molecule has 0 bridgehead atoms. The van der Waals surface area contributed by atoms with E-state index in [1.807, 2.05) is 42.5 Å². The molecule has 3 heterocycles. The summed E-state index contributed by atoms with van der Waals surface area (Å²) in [5.41, 5.74) is 12.0. The van der Waals surface area contributed by atoms with Crippen molar-refractivity contribution in [1.82, 2.24) is 19.5 Å². The smallest absolute Gasteiger partial charge is 0.164 e. The van der Waals surface area contributed by atoms with E-state index >= 15 is 0 Å². The monoisotopic (exact) mass is 766 g/mol. The predicted octanol–water partition coefficient (Wildman–Crippen LogP) is 14.4. The van der Waals surface area contributed by atoms with Gasteiger partial charge in [0.2, 0.25) is 0 Å². The molecule has 0 saturated carbocycles. The fraction of sp³-hybridized carbons (Fsp3) is 0. The number of benzene rings is 9. The fourth-order valence-electron chi connectivity index (χ4n) is 8.81. The third-order valence-electron chi connectivity index (χ3n) is 11.7. The Kier molecular flexibility index (Phi) is 7.78. The molecule has 0 aliphatic heterocycles. The first-order valence-corrected chi connectivity index (χ1v) is 20.2. The van der Waals surface area contributed by atoms with Crippen molar-refractivity contribution < 1.29 is 4.42 Å². The maximum absolute atomic E-state index is 6.47. The highest BCUT2D eigenvalue weighted by Crippen LogP contribution is 2.43. The molecule has 280 valence electrons. The van der Waals surface area contributed by atoms with Crippen LogP contribution in [0, 0.1) is 0 Å². The number of hydrogen-bond donors (Lipinski definition) is 0. The summed E-state index contributed by atoms with van der Waals surface area (Å²) in [5, 5.41) is 6.95. The molecule has 0 saturated heterocycles. The molecule has 0 aliphatic carbocycles.